The fourth-order valence-electron chi connectivity index (χ4n) is 2.47. The van der Waals surface area contributed by atoms with Crippen LogP contribution >= 0.6 is 0 Å². The number of hydrogen-bond donors (Lipinski definition) is 0. The minimum Gasteiger partial charge on any atom is -0.115 e. The molecule has 0 fully saturated rings. The van der Waals surface area contributed by atoms with Gasteiger partial charge in [-0.3, -0.25) is 0 Å². The largest absolute Gasteiger partial charge is 0.115 e. The second kappa shape index (κ2) is 6.04. The molecule has 3 aromatic rings. The van der Waals surface area contributed by atoms with Crippen molar-refractivity contribution in [1.82, 2.24) is 0 Å². The Kier molecular flexibility index (Phi) is 3.78. The van der Waals surface area contributed by atoms with Crippen LogP contribution in [0.4, 0.5) is 0 Å². The van der Waals surface area contributed by atoms with Gasteiger partial charge in [0.25, 0.3) is 0 Å². The summed E-state index contributed by atoms with van der Waals surface area (Å²) in [6.45, 7) is 0. The minimum absolute atomic E-state index is 0.882. The summed E-state index contributed by atoms with van der Waals surface area (Å²) < 4.78 is 0. The van der Waals surface area contributed by atoms with Crippen LogP contribution in [0.1, 0.15) is 11.1 Å². The Morgan fingerprint density at radius 1 is 0.591 bits per heavy atom. The molecule has 0 spiro atoms. The Bertz CT molecular complexity index is 870. The van der Waals surface area contributed by atoms with Gasteiger partial charge >= 0.3 is 0 Å². The van der Waals surface area contributed by atoms with E-state index in [-0.39, 0.29) is 0 Å². The molecule has 0 bridgehead atoms. The topological polar surface area (TPSA) is 0 Å². The van der Waals surface area contributed by atoms with E-state index in [1.807, 2.05) is 54.6 Å². The molecular weight excluding hydrogens is 264 g/mol. The van der Waals surface area contributed by atoms with E-state index in [9.17, 15) is 0 Å². The first kappa shape index (κ1) is 13.7. The molecule has 22 heavy (non-hydrogen) atoms. The molecule has 0 aliphatic heterocycles. The molecule has 0 saturated heterocycles. The zero-order chi connectivity index (χ0) is 15.4. The Balaban J connectivity index is 2.11. The lowest BCUT2D eigenvalue weighted by atomic mass is 9.94. The van der Waals surface area contributed by atoms with E-state index in [1.165, 1.54) is 0 Å². The SMILES string of the molecule is C#Cc1ccc(-c2ccc(C#C)c(-c3ccccc3)c2)cc1. The molecular formula is C22H14. The van der Waals surface area contributed by atoms with E-state index in [0.717, 1.165) is 33.4 Å². The van der Waals surface area contributed by atoms with Crippen LogP contribution in [0, 0.1) is 24.7 Å². The molecule has 0 N–H and O–H groups in total. The van der Waals surface area contributed by atoms with Crippen molar-refractivity contribution in [2.45, 2.75) is 0 Å². The van der Waals surface area contributed by atoms with Crippen molar-refractivity contribution >= 4 is 0 Å². The molecule has 0 aliphatic carbocycles. The lowest BCUT2D eigenvalue weighted by Crippen LogP contribution is -1.87. The van der Waals surface area contributed by atoms with Crippen LogP contribution < -0.4 is 0 Å². The van der Waals surface area contributed by atoms with E-state index in [0.29, 0.717) is 0 Å². The quantitative estimate of drug-likeness (QED) is 0.580. The molecule has 0 nitrogen and oxygen atoms in total. The average Bonchev–Trinajstić information content (AvgIpc) is 2.62. The molecule has 102 valence electrons. The first-order valence-electron chi connectivity index (χ1n) is 7.05. The third-order valence-corrected chi connectivity index (χ3v) is 3.64. The van der Waals surface area contributed by atoms with Gasteiger partial charge < -0.3 is 0 Å². The van der Waals surface area contributed by atoms with Crippen molar-refractivity contribution in [3.63, 3.8) is 0 Å². The smallest absolute Gasteiger partial charge is 0.0321 e. The molecule has 0 saturated carbocycles. The monoisotopic (exact) mass is 278 g/mol. The number of benzene rings is 3. The fraction of sp³-hybridized carbons (Fsp3) is 0. The zero-order valence-electron chi connectivity index (χ0n) is 12.1. The fourth-order valence-corrected chi connectivity index (χ4v) is 2.47. The highest BCUT2D eigenvalue weighted by Gasteiger charge is 2.06. The molecule has 0 atom stereocenters. The minimum atomic E-state index is 0.882. The highest BCUT2D eigenvalue weighted by molar-refractivity contribution is 5.78. The lowest BCUT2D eigenvalue weighted by Gasteiger charge is -2.09. The van der Waals surface area contributed by atoms with E-state index in [4.69, 9.17) is 12.8 Å². The second-order valence-corrected chi connectivity index (χ2v) is 4.99. The van der Waals surface area contributed by atoms with Crippen molar-refractivity contribution in [2.24, 2.45) is 0 Å². The van der Waals surface area contributed by atoms with E-state index < -0.39 is 0 Å². The van der Waals surface area contributed by atoms with Gasteiger partial charge in [0.1, 0.15) is 0 Å². The van der Waals surface area contributed by atoms with Gasteiger partial charge in [0.05, 0.1) is 0 Å². The predicted octanol–water partition coefficient (Wildman–Crippen LogP) is 4.98. The summed E-state index contributed by atoms with van der Waals surface area (Å²) in [7, 11) is 0. The predicted molar refractivity (Wildman–Crippen MR) is 93.2 cm³/mol. The molecule has 0 heteroatoms. The van der Waals surface area contributed by atoms with Crippen LogP contribution in [-0.4, -0.2) is 0 Å². The van der Waals surface area contributed by atoms with Crippen molar-refractivity contribution in [3.8, 4) is 46.9 Å². The molecule has 0 aliphatic rings. The summed E-state index contributed by atoms with van der Waals surface area (Å²) in [6, 6.07) is 24.3. The Morgan fingerprint density at radius 3 is 1.91 bits per heavy atom. The summed E-state index contributed by atoms with van der Waals surface area (Å²) in [5.74, 6) is 5.40. The molecule has 3 aromatic carbocycles. The van der Waals surface area contributed by atoms with Gasteiger partial charge in [-0.05, 0) is 46.5 Å². The van der Waals surface area contributed by atoms with Crippen LogP contribution in [0.5, 0.6) is 0 Å². The number of hydrogen-bond acceptors (Lipinski definition) is 0. The van der Waals surface area contributed by atoms with Crippen molar-refractivity contribution in [1.29, 1.82) is 0 Å². The van der Waals surface area contributed by atoms with E-state index in [2.05, 4.69) is 30.0 Å². The van der Waals surface area contributed by atoms with Crippen molar-refractivity contribution in [3.05, 3.63) is 83.9 Å². The Morgan fingerprint density at radius 2 is 1.27 bits per heavy atom. The zero-order valence-corrected chi connectivity index (χ0v) is 12.1. The first-order valence-corrected chi connectivity index (χ1v) is 7.05. The highest BCUT2D eigenvalue weighted by atomic mass is 14.1. The van der Waals surface area contributed by atoms with Crippen molar-refractivity contribution in [2.75, 3.05) is 0 Å². The summed E-state index contributed by atoms with van der Waals surface area (Å²) in [6.07, 6.45) is 11.0. The molecule has 0 amide bonds. The third kappa shape index (κ3) is 2.64. The Hall–Kier alpha value is -3.22. The van der Waals surface area contributed by atoms with Gasteiger partial charge in [0.15, 0.2) is 0 Å². The van der Waals surface area contributed by atoms with E-state index in [1.54, 1.807) is 0 Å². The van der Waals surface area contributed by atoms with Crippen molar-refractivity contribution < 1.29 is 0 Å². The summed E-state index contributed by atoms with van der Waals surface area (Å²) in [4.78, 5) is 0. The van der Waals surface area contributed by atoms with Gasteiger partial charge in [0.2, 0.25) is 0 Å². The first-order chi connectivity index (χ1) is 10.8. The van der Waals surface area contributed by atoms with Gasteiger partial charge in [-0.2, -0.15) is 0 Å². The molecule has 0 heterocycles. The normalized spacial score (nSPS) is 9.73. The molecule has 3 rings (SSSR count). The van der Waals surface area contributed by atoms with Crippen LogP contribution in [0.15, 0.2) is 72.8 Å². The van der Waals surface area contributed by atoms with Gasteiger partial charge in [-0.25, -0.2) is 0 Å². The molecule has 0 aromatic heterocycles. The Labute approximate surface area is 131 Å². The van der Waals surface area contributed by atoms with Crippen LogP contribution in [0.3, 0.4) is 0 Å². The van der Waals surface area contributed by atoms with Gasteiger partial charge in [-0.1, -0.05) is 60.4 Å². The molecule has 0 unspecified atom stereocenters. The lowest BCUT2D eigenvalue weighted by molar-refractivity contribution is 1.55. The van der Waals surface area contributed by atoms with E-state index >= 15 is 0 Å². The number of rotatable bonds is 2. The number of terminal acetylenes is 2. The van der Waals surface area contributed by atoms with Crippen LogP contribution in [-0.2, 0) is 0 Å². The standard InChI is InChI=1S/C22H14/c1-3-17-10-12-19(13-11-17)21-15-14-18(4-2)22(16-21)20-8-6-5-7-9-20/h1-2,5-16H. The summed E-state index contributed by atoms with van der Waals surface area (Å²) in [5.41, 5.74) is 6.22. The summed E-state index contributed by atoms with van der Waals surface area (Å²) in [5, 5.41) is 0. The highest BCUT2D eigenvalue weighted by Crippen LogP contribution is 2.29. The average molecular weight is 278 g/mol. The third-order valence-electron chi connectivity index (χ3n) is 3.64. The van der Waals surface area contributed by atoms with Gasteiger partial charge in [0, 0.05) is 11.1 Å². The summed E-state index contributed by atoms with van der Waals surface area (Å²) >= 11 is 0. The maximum atomic E-state index is 5.64. The van der Waals surface area contributed by atoms with Crippen LogP contribution in [0.2, 0.25) is 0 Å². The second-order valence-electron chi connectivity index (χ2n) is 4.99. The molecule has 0 radical (unpaired) electrons. The maximum Gasteiger partial charge on any atom is 0.0321 e. The van der Waals surface area contributed by atoms with Gasteiger partial charge in [-0.15, -0.1) is 12.8 Å². The van der Waals surface area contributed by atoms with Crippen LogP contribution in [0.25, 0.3) is 22.3 Å². The maximum absolute atomic E-state index is 5.64.